The van der Waals surface area contributed by atoms with Crippen LogP contribution >= 0.6 is 11.3 Å². The molecule has 2 heterocycles. The Hall–Kier alpha value is -1.72. The lowest BCUT2D eigenvalue weighted by Gasteiger charge is -2.35. The van der Waals surface area contributed by atoms with Gasteiger partial charge in [0.2, 0.25) is 5.91 Å². The van der Waals surface area contributed by atoms with Crippen molar-refractivity contribution in [3.8, 4) is 0 Å². The molecule has 1 aromatic carbocycles. The first-order valence-electron chi connectivity index (χ1n) is 8.53. The second kappa shape index (κ2) is 7.45. The summed E-state index contributed by atoms with van der Waals surface area (Å²) >= 11 is 1.57. The Balaban J connectivity index is 1.68. The molecule has 0 spiro atoms. The Morgan fingerprint density at radius 2 is 2.25 bits per heavy atom. The van der Waals surface area contributed by atoms with Gasteiger partial charge in [0, 0.05) is 18.5 Å². The molecule has 0 N–H and O–H groups in total. The highest BCUT2D eigenvalue weighted by Crippen LogP contribution is 2.30. The molecule has 128 valence electrons. The molecule has 0 saturated heterocycles. The molecule has 2 aromatic rings. The first-order chi connectivity index (χ1) is 11.6. The van der Waals surface area contributed by atoms with Crippen LogP contribution in [0, 0.1) is 0 Å². The van der Waals surface area contributed by atoms with E-state index in [9.17, 15) is 4.79 Å². The topological polar surface area (TPSA) is 42.4 Å². The van der Waals surface area contributed by atoms with Gasteiger partial charge in [0.1, 0.15) is 11.1 Å². The van der Waals surface area contributed by atoms with Crippen LogP contribution in [0.25, 0.3) is 0 Å². The molecule has 0 saturated carbocycles. The third-order valence-electron chi connectivity index (χ3n) is 4.58. The lowest BCUT2D eigenvalue weighted by Crippen LogP contribution is -2.39. The minimum atomic E-state index is -0.00959. The van der Waals surface area contributed by atoms with Crippen molar-refractivity contribution in [1.82, 2.24) is 9.88 Å². The van der Waals surface area contributed by atoms with Gasteiger partial charge in [0.15, 0.2) is 0 Å². The number of ether oxygens (including phenoxy) is 1. The molecule has 1 aliphatic heterocycles. The summed E-state index contributed by atoms with van der Waals surface area (Å²) < 4.78 is 5.57. The maximum absolute atomic E-state index is 12.8. The maximum Gasteiger partial charge on any atom is 0.229 e. The predicted molar refractivity (Wildman–Crippen MR) is 96.1 cm³/mol. The van der Waals surface area contributed by atoms with Crippen LogP contribution in [0.3, 0.4) is 0 Å². The zero-order chi connectivity index (χ0) is 17.1. The van der Waals surface area contributed by atoms with Crippen molar-refractivity contribution >= 4 is 17.2 Å². The van der Waals surface area contributed by atoms with E-state index in [1.165, 1.54) is 11.1 Å². The van der Waals surface area contributed by atoms with Crippen LogP contribution in [0.5, 0.6) is 0 Å². The van der Waals surface area contributed by atoms with Crippen molar-refractivity contribution in [2.75, 3.05) is 13.2 Å². The summed E-state index contributed by atoms with van der Waals surface area (Å²) in [5.74, 6) is 0.151. The third kappa shape index (κ3) is 3.52. The number of fused-ring (bicyclic) bond motifs is 1. The lowest BCUT2D eigenvalue weighted by atomic mass is 9.93. The Morgan fingerprint density at radius 1 is 1.46 bits per heavy atom. The smallest absolute Gasteiger partial charge is 0.229 e. The minimum Gasteiger partial charge on any atom is -0.372 e. The number of benzene rings is 1. The molecule has 0 aliphatic carbocycles. The highest BCUT2D eigenvalue weighted by molar-refractivity contribution is 7.09. The molecule has 0 fully saturated rings. The fourth-order valence-corrected chi connectivity index (χ4v) is 4.10. The van der Waals surface area contributed by atoms with E-state index in [2.05, 4.69) is 30.1 Å². The number of aromatic nitrogens is 1. The fraction of sp³-hybridized carbons (Fsp3) is 0.474. The zero-order valence-corrected chi connectivity index (χ0v) is 15.3. The monoisotopic (exact) mass is 344 g/mol. The maximum atomic E-state index is 12.8. The number of hydrogen-bond donors (Lipinski definition) is 0. The van der Waals surface area contributed by atoms with Gasteiger partial charge in [-0.1, -0.05) is 24.3 Å². The Kier molecular flexibility index (Phi) is 5.31. The summed E-state index contributed by atoms with van der Waals surface area (Å²) in [5, 5.41) is 2.92. The average molecular weight is 344 g/mol. The van der Waals surface area contributed by atoms with E-state index >= 15 is 0 Å². The van der Waals surface area contributed by atoms with Crippen LogP contribution in [-0.4, -0.2) is 28.9 Å². The van der Waals surface area contributed by atoms with E-state index in [4.69, 9.17) is 4.74 Å². The molecule has 4 nitrogen and oxygen atoms in total. The van der Waals surface area contributed by atoms with Crippen molar-refractivity contribution < 1.29 is 9.53 Å². The average Bonchev–Trinajstić information content (AvgIpc) is 3.04. The second-order valence-corrected chi connectivity index (χ2v) is 7.05. The number of carbonyl (C=O) groups is 1. The number of hydrogen-bond acceptors (Lipinski definition) is 4. The molecule has 1 aromatic heterocycles. The van der Waals surface area contributed by atoms with Crippen molar-refractivity contribution in [3.05, 3.63) is 51.5 Å². The highest BCUT2D eigenvalue weighted by atomic mass is 32.1. The molecular formula is C19H24N2O2S. The summed E-state index contributed by atoms with van der Waals surface area (Å²) in [6, 6.07) is 8.53. The summed E-state index contributed by atoms with van der Waals surface area (Å²) in [7, 11) is 0. The van der Waals surface area contributed by atoms with Gasteiger partial charge < -0.3 is 9.64 Å². The summed E-state index contributed by atoms with van der Waals surface area (Å²) in [4.78, 5) is 19.3. The van der Waals surface area contributed by atoms with E-state index in [-0.39, 0.29) is 18.1 Å². The Bertz CT molecular complexity index is 713. The number of amides is 1. The SMILES string of the molecule is CCO[C@@H](C)c1nc(CC(=O)N2CCc3ccccc3[C@@H]2C)cs1. The molecule has 1 amide bonds. The van der Waals surface area contributed by atoms with Crippen molar-refractivity contribution in [1.29, 1.82) is 0 Å². The van der Waals surface area contributed by atoms with Gasteiger partial charge in [-0.3, -0.25) is 4.79 Å². The molecule has 2 atom stereocenters. The van der Waals surface area contributed by atoms with Crippen LogP contribution in [0.2, 0.25) is 0 Å². The van der Waals surface area contributed by atoms with E-state index in [1.54, 1.807) is 11.3 Å². The van der Waals surface area contributed by atoms with Crippen LogP contribution in [0.4, 0.5) is 0 Å². The summed E-state index contributed by atoms with van der Waals surface area (Å²) in [6.45, 7) is 7.53. The van der Waals surface area contributed by atoms with Gasteiger partial charge in [-0.25, -0.2) is 4.98 Å². The van der Waals surface area contributed by atoms with E-state index in [1.807, 2.05) is 30.2 Å². The van der Waals surface area contributed by atoms with E-state index in [0.717, 1.165) is 23.7 Å². The van der Waals surface area contributed by atoms with Gasteiger partial charge in [0.05, 0.1) is 18.2 Å². The number of thiazole rings is 1. The largest absolute Gasteiger partial charge is 0.372 e. The molecule has 24 heavy (non-hydrogen) atoms. The van der Waals surface area contributed by atoms with Crippen LogP contribution < -0.4 is 0 Å². The van der Waals surface area contributed by atoms with Crippen molar-refractivity contribution in [3.63, 3.8) is 0 Å². The van der Waals surface area contributed by atoms with Gasteiger partial charge in [-0.15, -0.1) is 11.3 Å². The normalized spacial score (nSPS) is 18.3. The summed E-state index contributed by atoms with van der Waals surface area (Å²) in [6.07, 6.45) is 1.28. The minimum absolute atomic E-state index is 0.00959. The van der Waals surface area contributed by atoms with Gasteiger partial charge in [-0.05, 0) is 38.3 Å². The van der Waals surface area contributed by atoms with Gasteiger partial charge in [0.25, 0.3) is 0 Å². The number of carbonyl (C=O) groups excluding carboxylic acids is 1. The third-order valence-corrected chi connectivity index (χ3v) is 5.64. The van der Waals surface area contributed by atoms with Gasteiger partial charge in [-0.2, -0.15) is 0 Å². The quantitative estimate of drug-likeness (QED) is 0.825. The van der Waals surface area contributed by atoms with Crippen molar-refractivity contribution in [2.45, 2.75) is 45.8 Å². The van der Waals surface area contributed by atoms with Crippen molar-refractivity contribution in [2.24, 2.45) is 0 Å². The highest BCUT2D eigenvalue weighted by Gasteiger charge is 2.27. The van der Waals surface area contributed by atoms with E-state index < -0.39 is 0 Å². The molecule has 1 aliphatic rings. The standard InChI is InChI=1S/C19H24N2O2S/c1-4-23-14(3)19-20-16(12-24-19)11-18(22)21-10-9-15-7-5-6-8-17(15)13(21)2/h5-8,12-14H,4,9-11H2,1-3H3/t13-,14-/m0/s1. The Labute approximate surface area is 147 Å². The molecular weight excluding hydrogens is 320 g/mol. The van der Waals surface area contributed by atoms with Crippen LogP contribution in [0.1, 0.15) is 54.7 Å². The second-order valence-electron chi connectivity index (χ2n) is 6.16. The molecule has 0 unspecified atom stereocenters. The van der Waals surface area contributed by atoms with Crippen LogP contribution in [-0.2, 0) is 22.4 Å². The first-order valence-corrected chi connectivity index (χ1v) is 9.41. The number of rotatable bonds is 5. The molecule has 5 heteroatoms. The van der Waals surface area contributed by atoms with Gasteiger partial charge >= 0.3 is 0 Å². The first kappa shape index (κ1) is 17.1. The molecule has 0 radical (unpaired) electrons. The fourth-order valence-electron chi connectivity index (χ4n) is 3.28. The zero-order valence-electron chi connectivity index (χ0n) is 14.5. The molecule has 0 bridgehead atoms. The Morgan fingerprint density at radius 3 is 3.04 bits per heavy atom. The van der Waals surface area contributed by atoms with E-state index in [0.29, 0.717) is 13.0 Å². The molecule has 3 rings (SSSR count). The lowest BCUT2D eigenvalue weighted by molar-refractivity contribution is -0.133. The van der Waals surface area contributed by atoms with Crippen LogP contribution in [0.15, 0.2) is 29.6 Å². The predicted octanol–water partition coefficient (Wildman–Crippen LogP) is 3.93. The number of nitrogens with zero attached hydrogens (tertiary/aromatic N) is 2. The summed E-state index contributed by atoms with van der Waals surface area (Å²) in [5.41, 5.74) is 3.47.